The molecule has 0 unspecified atom stereocenters. The van der Waals surface area contributed by atoms with Gasteiger partial charge in [-0.2, -0.15) is 36.7 Å². The summed E-state index contributed by atoms with van der Waals surface area (Å²) >= 11 is 0. The summed E-state index contributed by atoms with van der Waals surface area (Å²) in [7, 11) is 0. The van der Waals surface area contributed by atoms with E-state index in [1.54, 1.807) is 0 Å². The van der Waals surface area contributed by atoms with E-state index in [1.165, 1.54) is 35.5 Å². The number of nitriles is 1. The minimum Gasteiger partial charge on any atom is -0.369 e. The normalized spacial score (nSPS) is 19.4. The molecule has 1 aliphatic carbocycles. The molecule has 9 nitrogen and oxygen atoms in total. The number of nitrogens with one attached hydrogen (secondary N) is 3. The number of halogens is 6. The number of piperazine rings is 1. The van der Waals surface area contributed by atoms with Crippen LogP contribution in [-0.2, 0) is 11.2 Å². The molecule has 0 bridgehead atoms. The molecule has 15 heteroatoms. The molecule has 1 amide bonds. The zero-order chi connectivity index (χ0) is 27.6. The fraction of sp³-hybridized carbons (Fsp3) is 0.565. The molecule has 2 heterocycles. The molecular formula is C23H26F6N8O. The van der Waals surface area contributed by atoms with Crippen LogP contribution in [0.3, 0.4) is 0 Å². The van der Waals surface area contributed by atoms with Crippen LogP contribution in [-0.4, -0.2) is 82.6 Å². The number of carbonyl (C=O) groups is 1. The van der Waals surface area contributed by atoms with Crippen LogP contribution in [0, 0.1) is 11.3 Å². The number of hydrogen-bond donors (Lipinski definition) is 3. The minimum atomic E-state index is -4.77. The number of amides is 1. The van der Waals surface area contributed by atoms with E-state index in [-0.39, 0.29) is 30.9 Å². The Hall–Kier alpha value is -3.38. The molecule has 1 aromatic heterocycles. The first kappa shape index (κ1) is 27.6. The molecule has 1 saturated heterocycles. The van der Waals surface area contributed by atoms with E-state index < -0.39 is 42.4 Å². The van der Waals surface area contributed by atoms with Crippen molar-refractivity contribution in [2.75, 3.05) is 37.6 Å². The van der Waals surface area contributed by atoms with Gasteiger partial charge in [0.1, 0.15) is 23.7 Å². The van der Waals surface area contributed by atoms with Crippen LogP contribution in [0.25, 0.3) is 0 Å². The highest BCUT2D eigenvalue weighted by molar-refractivity contribution is 5.83. The standard InChI is InChI=1S/C23H26F6N8O/c24-22(25,26)13-36-7-9-37(10-8-36)16-3-1-15(2-4-16)19(23(27,28)29)33-17(11-18-31-14-32-35-18)20(38)34-21(12-30)5-6-21/h1-4,14,17,19,33H,5-11,13H2,(H,34,38)(H,31,32,35)/t17-,19-/m0/s1. The maximum absolute atomic E-state index is 14.2. The molecule has 2 aromatic rings. The van der Waals surface area contributed by atoms with Gasteiger partial charge in [-0.25, -0.2) is 4.98 Å². The summed E-state index contributed by atoms with van der Waals surface area (Å²) in [6, 6.07) is 3.92. The van der Waals surface area contributed by atoms with Crippen molar-refractivity contribution in [3.8, 4) is 6.07 Å². The lowest BCUT2D eigenvalue weighted by Crippen LogP contribution is -2.52. The van der Waals surface area contributed by atoms with Gasteiger partial charge >= 0.3 is 12.4 Å². The van der Waals surface area contributed by atoms with Crippen molar-refractivity contribution in [1.82, 2.24) is 30.7 Å². The Balaban J connectivity index is 1.47. The Morgan fingerprint density at radius 1 is 1.11 bits per heavy atom. The fourth-order valence-corrected chi connectivity index (χ4v) is 4.34. The number of aromatic nitrogens is 3. The predicted octanol–water partition coefficient (Wildman–Crippen LogP) is 2.47. The number of aromatic amines is 1. The lowest BCUT2D eigenvalue weighted by Gasteiger charge is -2.36. The van der Waals surface area contributed by atoms with Crippen molar-refractivity contribution in [1.29, 1.82) is 5.26 Å². The molecule has 2 fully saturated rings. The van der Waals surface area contributed by atoms with E-state index in [9.17, 15) is 36.4 Å². The van der Waals surface area contributed by atoms with Gasteiger partial charge in [-0.3, -0.25) is 20.1 Å². The Morgan fingerprint density at radius 3 is 2.26 bits per heavy atom. The number of benzene rings is 1. The zero-order valence-electron chi connectivity index (χ0n) is 20.1. The molecule has 3 N–H and O–H groups in total. The summed E-state index contributed by atoms with van der Waals surface area (Å²) in [6.07, 6.45) is -7.28. The monoisotopic (exact) mass is 544 g/mol. The molecule has 2 aliphatic rings. The van der Waals surface area contributed by atoms with Gasteiger partial charge in [-0.1, -0.05) is 12.1 Å². The Labute approximate surface area is 214 Å². The highest BCUT2D eigenvalue weighted by Crippen LogP contribution is 2.36. The first-order chi connectivity index (χ1) is 17.9. The summed E-state index contributed by atoms with van der Waals surface area (Å²) < 4.78 is 80.4. The minimum absolute atomic E-state index is 0.145. The summed E-state index contributed by atoms with van der Waals surface area (Å²) in [6.45, 7) is -0.0445. The number of alkyl halides is 6. The highest BCUT2D eigenvalue weighted by Gasteiger charge is 2.47. The van der Waals surface area contributed by atoms with Gasteiger partial charge in [-0.15, -0.1) is 0 Å². The predicted molar refractivity (Wildman–Crippen MR) is 123 cm³/mol. The third-order valence-corrected chi connectivity index (χ3v) is 6.57. The Bertz CT molecular complexity index is 1120. The average molecular weight is 545 g/mol. The van der Waals surface area contributed by atoms with Gasteiger partial charge in [0.2, 0.25) is 5.91 Å². The summed E-state index contributed by atoms with van der Waals surface area (Å²) in [5, 5.41) is 20.4. The van der Waals surface area contributed by atoms with Crippen LogP contribution in [0.2, 0.25) is 0 Å². The number of carbonyl (C=O) groups excluding carboxylic acids is 1. The van der Waals surface area contributed by atoms with E-state index in [4.69, 9.17) is 0 Å². The van der Waals surface area contributed by atoms with Crippen LogP contribution in [0.1, 0.15) is 30.3 Å². The highest BCUT2D eigenvalue weighted by atomic mass is 19.4. The first-order valence-corrected chi connectivity index (χ1v) is 11.9. The molecule has 38 heavy (non-hydrogen) atoms. The molecular weight excluding hydrogens is 518 g/mol. The van der Waals surface area contributed by atoms with Crippen molar-refractivity contribution < 1.29 is 31.1 Å². The summed E-state index contributed by atoms with van der Waals surface area (Å²) in [5.74, 6) is -0.566. The van der Waals surface area contributed by atoms with E-state index in [0.717, 1.165) is 0 Å². The molecule has 206 valence electrons. The number of rotatable bonds is 9. The molecule has 0 spiro atoms. The second-order valence-corrected chi connectivity index (χ2v) is 9.48. The van der Waals surface area contributed by atoms with Crippen molar-refractivity contribution in [2.24, 2.45) is 0 Å². The van der Waals surface area contributed by atoms with Gasteiger partial charge < -0.3 is 10.2 Å². The van der Waals surface area contributed by atoms with E-state index in [1.807, 2.05) is 11.0 Å². The molecule has 2 atom stereocenters. The van der Waals surface area contributed by atoms with Crippen molar-refractivity contribution in [2.45, 2.75) is 49.2 Å². The third kappa shape index (κ3) is 7.13. The largest absolute Gasteiger partial charge is 0.407 e. The summed E-state index contributed by atoms with van der Waals surface area (Å²) in [4.78, 5) is 19.9. The van der Waals surface area contributed by atoms with Crippen molar-refractivity contribution in [3.05, 3.63) is 42.0 Å². The molecule has 1 aliphatic heterocycles. The second-order valence-electron chi connectivity index (χ2n) is 9.48. The quantitative estimate of drug-likeness (QED) is 0.416. The average Bonchev–Trinajstić information content (AvgIpc) is 3.43. The molecule has 0 radical (unpaired) electrons. The lowest BCUT2D eigenvalue weighted by atomic mass is 10.0. The Morgan fingerprint density at radius 2 is 1.76 bits per heavy atom. The van der Waals surface area contributed by atoms with Gasteiger partial charge in [0, 0.05) is 38.3 Å². The van der Waals surface area contributed by atoms with Gasteiger partial charge in [0.15, 0.2) is 0 Å². The zero-order valence-corrected chi connectivity index (χ0v) is 20.1. The number of H-pyrrole nitrogens is 1. The van der Waals surface area contributed by atoms with Gasteiger partial charge in [0.25, 0.3) is 0 Å². The fourth-order valence-electron chi connectivity index (χ4n) is 4.34. The van der Waals surface area contributed by atoms with Crippen LogP contribution in [0.4, 0.5) is 32.0 Å². The molecule has 1 saturated carbocycles. The topological polar surface area (TPSA) is 113 Å². The van der Waals surface area contributed by atoms with E-state index in [2.05, 4.69) is 25.8 Å². The second kappa shape index (κ2) is 10.8. The van der Waals surface area contributed by atoms with Crippen LogP contribution < -0.4 is 15.5 Å². The van der Waals surface area contributed by atoms with Gasteiger partial charge in [-0.05, 0) is 30.5 Å². The van der Waals surface area contributed by atoms with Crippen molar-refractivity contribution >= 4 is 11.6 Å². The van der Waals surface area contributed by atoms with Crippen LogP contribution in [0.5, 0.6) is 0 Å². The smallest absolute Gasteiger partial charge is 0.369 e. The first-order valence-electron chi connectivity index (χ1n) is 11.9. The Kier molecular flexibility index (Phi) is 7.84. The third-order valence-electron chi connectivity index (χ3n) is 6.57. The number of nitrogens with zero attached hydrogens (tertiary/aromatic N) is 5. The van der Waals surface area contributed by atoms with Gasteiger partial charge in [0.05, 0.1) is 18.7 Å². The van der Waals surface area contributed by atoms with E-state index in [0.29, 0.717) is 31.6 Å². The number of anilines is 1. The van der Waals surface area contributed by atoms with Crippen molar-refractivity contribution in [3.63, 3.8) is 0 Å². The molecule has 4 rings (SSSR count). The molecule has 1 aromatic carbocycles. The maximum Gasteiger partial charge on any atom is 0.407 e. The van der Waals surface area contributed by atoms with Crippen LogP contribution in [0.15, 0.2) is 30.6 Å². The number of hydrogen-bond acceptors (Lipinski definition) is 7. The summed E-state index contributed by atoms with van der Waals surface area (Å²) in [5.41, 5.74) is -0.631. The van der Waals surface area contributed by atoms with Crippen LogP contribution >= 0.6 is 0 Å². The maximum atomic E-state index is 14.2. The van der Waals surface area contributed by atoms with E-state index >= 15 is 0 Å². The lowest BCUT2D eigenvalue weighted by molar-refractivity contribution is -0.161. The SMILES string of the molecule is N#CC1(NC(=O)[C@H](Cc2ncn[nH]2)N[C@@H](c2ccc(N3CCN(CC(F)(F)F)CC3)cc2)C(F)(F)F)CC1.